The summed E-state index contributed by atoms with van der Waals surface area (Å²) in [4.78, 5) is 32.1. The number of pyridine rings is 1. The van der Waals surface area contributed by atoms with Crippen LogP contribution in [0.15, 0.2) is 59.9 Å². The molecular formula is C23H26N6O2. The van der Waals surface area contributed by atoms with Gasteiger partial charge in [0, 0.05) is 44.3 Å². The summed E-state index contributed by atoms with van der Waals surface area (Å²) in [7, 11) is 0. The van der Waals surface area contributed by atoms with Crippen molar-refractivity contribution in [3.63, 3.8) is 0 Å². The van der Waals surface area contributed by atoms with E-state index < -0.39 is 0 Å². The van der Waals surface area contributed by atoms with E-state index in [9.17, 15) is 9.59 Å². The molecule has 1 aromatic carbocycles. The molecule has 31 heavy (non-hydrogen) atoms. The van der Waals surface area contributed by atoms with E-state index in [1.165, 1.54) is 11.9 Å². The van der Waals surface area contributed by atoms with Crippen LogP contribution < -0.4 is 10.9 Å². The van der Waals surface area contributed by atoms with Crippen LogP contribution in [0.1, 0.15) is 34.0 Å². The van der Waals surface area contributed by atoms with Crippen LogP contribution in [0.25, 0.3) is 0 Å². The van der Waals surface area contributed by atoms with E-state index >= 15 is 0 Å². The monoisotopic (exact) mass is 418 g/mol. The largest absolute Gasteiger partial charge is 0.350 e. The fourth-order valence-corrected chi connectivity index (χ4v) is 4.92. The quantitative estimate of drug-likeness (QED) is 0.656. The van der Waals surface area contributed by atoms with Crippen LogP contribution in [0, 0.1) is 5.92 Å². The minimum absolute atomic E-state index is 0.179. The van der Waals surface area contributed by atoms with E-state index in [1.54, 1.807) is 17.1 Å². The summed E-state index contributed by atoms with van der Waals surface area (Å²) in [6.07, 6.45) is 4.16. The predicted octanol–water partition coefficient (Wildman–Crippen LogP) is 1.49. The lowest BCUT2D eigenvalue weighted by Gasteiger charge is -2.43. The van der Waals surface area contributed by atoms with Gasteiger partial charge >= 0.3 is 0 Å². The van der Waals surface area contributed by atoms with Crippen molar-refractivity contribution in [1.29, 1.82) is 0 Å². The van der Waals surface area contributed by atoms with Crippen LogP contribution in [0.2, 0.25) is 0 Å². The summed E-state index contributed by atoms with van der Waals surface area (Å²) >= 11 is 0. The maximum atomic E-state index is 13.1. The highest BCUT2D eigenvalue weighted by Gasteiger charge is 2.35. The number of nitrogens with one attached hydrogen (secondary N) is 1. The second-order valence-corrected chi connectivity index (χ2v) is 8.48. The standard InChI is InChI=1S/C23H26N6O2/c30-22(25-8-9-28-16-24-15-26-28)20-6-7-21-19-10-18(13-29(21)23(20)31)12-27(14-19)11-17-4-2-1-3-5-17/h1-7,15-16,18-19H,8-14H2,(H,25,30)/t18-,19+/m0/s1. The van der Waals surface area contributed by atoms with Gasteiger partial charge in [0.25, 0.3) is 11.5 Å². The van der Waals surface area contributed by atoms with Gasteiger partial charge < -0.3 is 9.88 Å². The molecule has 0 saturated carbocycles. The Morgan fingerprint density at radius 3 is 2.77 bits per heavy atom. The molecule has 8 heteroatoms. The normalized spacial score (nSPS) is 20.3. The van der Waals surface area contributed by atoms with E-state index in [1.807, 2.05) is 16.7 Å². The van der Waals surface area contributed by atoms with E-state index in [0.717, 1.165) is 31.7 Å². The first-order valence-electron chi connectivity index (χ1n) is 10.8. The zero-order valence-corrected chi connectivity index (χ0v) is 17.4. The number of likely N-dealkylation sites (tertiary alicyclic amines) is 1. The summed E-state index contributed by atoms with van der Waals surface area (Å²) < 4.78 is 3.48. The molecule has 0 radical (unpaired) electrons. The van der Waals surface area contributed by atoms with Gasteiger partial charge in [-0.1, -0.05) is 30.3 Å². The summed E-state index contributed by atoms with van der Waals surface area (Å²) in [6, 6.07) is 14.2. The third kappa shape index (κ3) is 4.16. The maximum absolute atomic E-state index is 13.1. The summed E-state index contributed by atoms with van der Waals surface area (Å²) in [6.45, 7) is 4.43. The topological polar surface area (TPSA) is 85.0 Å². The summed E-state index contributed by atoms with van der Waals surface area (Å²) in [5.74, 6) is 0.425. The Bertz CT molecular complexity index is 1110. The highest BCUT2D eigenvalue weighted by molar-refractivity contribution is 5.93. The molecule has 8 nitrogen and oxygen atoms in total. The molecule has 4 heterocycles. The molecule has 1 N–H and O–H groups in total. The number of hydrogen-bond acceptors (Lipinski definition) is 5. The molecule has 5 rings (SSSR count). The molecule has 0 unspecified atom stereocenters. The molecule has 1 fully saturated rings. The Morgan fingerprint density at radius 2 is 1.97 bits per heavy atom. The van der Waals surface area contributed by atoms with Gasteiger partial charge in [-0.15, -0.1) is 0 Å². The van der Waals surface area contributed by atoms with Crippen LogP contribution >= 0.6 is 0 Å². The Hall–Kier alpha value is -3.26. The van der Waals surface area contributed by atoms with Gasteiger partial charge in [-0.05, 0) is 30.0 Å². The molecule has 3 aromatic rings. The fraction of sp³-hybridized carbons (Fsp3) is 0.391. The van der Waals surface area contributed by atoms with Crippen molar-refractivity contribution in [2.45, 2.75) is 32.0 Å². The smallest absolute Gasteiger partial charge is 0.263 e. The lowest BCUT2D eigenvalue weighted by Crippen LogP contribution is -2.47. The van der Waals surface area contributed by atoms with Crippen molar-refractivity contribution in [3.05, 3.63) is 82.3 Å². The minimum atomic E-state index is -0.332. The highest BCUT2D eigenvalue weighted by Crippen LogP contribution is 2.35. The number of hydrogen-bond donors (Lipinski definition) is 1. The molecular weight excluding hydrogens is 392 g/mol. The summed E-state index contributed by atoms with van der Waals surface area (Å²) in [5.41, 5.74) is 2.40. The van der Waals surface area contributed by atoms with Crippen molar-refractivity contribution >= 4 is 5.91 Å². The molecule has 2 atom stereocenters. The zero-order valence-electron chi connectivity index (χ0n) is 17.4. The van der Waals surface area contributed by atoms with Crippen LogP contribution in [-0.2, 0) is 19.6 Å². The first kappa shape index (κ1) is 19.7. The number of aromatic nitrogens is 4. The van der Waals surface area contributed by atoms with E-state index in [-0.39, 0.29) is 17.0 Å². The average Bonchev–Trinajstić information content (AvgIpc) is 3.29. The van der Waals surface area contributed by atoms with E-state index in [4.69, 9.17) is 0 Å². The van der Waals surface area contributed by atoms with Gasteiger partial charge in [0.15, 0.2) is 0 Å². The number of rotatable bonds is 6. The molecule has 1 amide bonds. The Labute approximate surface area is 180 Å². The van der Waals surface area contributed by atoms with E-state index in [2.05, 4.69) is 44.6 Å². The third-order valence-electron chi connectivity index (χ3n) is 6.27. The van der Waals surface area contributed by atoms with Crippen molar-refractivity contribution in [2.24, 2.45) is 5.92 Å². The number of carbonyl (C=O) groups is 1. The van der Waals surface area contributed by atoms with Gasteiger partial charge in [-0.3, -0.25) is 19.2 Å². The van der Waals surface area contributed by atoms with Gasteiger partial charge in [0.05, 0.1) is 6.54 Å². The second-order valence-electron chi connectivity index (χ2n) is 8.48. The van der Waals surface area contributed by atoms with E-state index in [0.29, 0.717) is 31.5 Å². The molecule has 0 aliphatic carbocycles. The van der Waals surface area contributed by atoms with Crippen LogP contribution in [0.5, 0.6) is 0 Å². The zero-order chi connectivity index (χ0) is 21.2. The van der Waals surface area contributed by atoms with Gasteiger partial charge in [0.2, 0.25) is 0 Å². The van der Waals surface area contributed by atoms with Crippen LogP contribution in [-0.4, -0.2) is 49.8 Å². The van der Waals surface area contributed by atoms with Crippen LogP contribution in [0.3, 0.4) is 0 Å². The van der Waals surface area contributed by atoms with Gasteiger partial charge in [-0.25, -0.2) is 4.98 Å². The highest BCUT2D eigenvalue weighted by atomic mass is 16.2. The molecule has 0 spiro atoms. The van der Waals surface area contributed by atoms with Crippen molar-refractivity contribution in [1.82, 2.24) is 29.5 Å². The van der Waals surface area contributed by atoms with Crippen LogP contribution in [0.4, 0.5) is 0 Å². The lowest BCUT2D eigenvalue weighted by molar-refractivity contribution is 0.0945. The summed E-state index contributed by atoms with van der Waals surface area (Å²) in [5, 5.41) is 6.83. The molecule has 2 bridgehead atoms. The molecule has 2 aromatic heterocycles. The third-order valence-corrected chi connectivity index (χ3v) is 6.27. The maximum Gasteiger partial charge on any atom is 0.263 e. The predicted molar refractivity (Wildman–Crippen MR) is 116 cm³/mol. The molecule has 1 saturated heterocycles. The molecule has 2 aliphatic rings. The first-order chi connectivity index (χ1) is 15.2. The van der Waals surface area contributed by atoms with Gasteiger partial charge in [-0.2, -0.15) is 5.10 Å². The Balaban J connectivity index is 1.29. The Morgan fingerprint density at radius 1 is 1.10 bits per heavy atom. The number of nitrogens with zero attached hydrogens (tertiary/aromatic N) is 5. The number of fused-ring (bicyclic) bond motifs is 4. The number of amides is 1. The molecule has 160 valence electrons. The van der Waals surface area contributed by atoms with Crippen molar-refractivity contribution in [2.75, 3.05) is 19.6 Å². The average molecular weight is 419 g/mol. The number of piperidine rings is 1. The second kappa shape index (κ2) is 8.47. The van der Waals surface area contributed by atoms with Crippen molar-refractivity contribution < 1.29 is 4.79 Å². The minimum Gasteiger partial charge on any atom is -0.350 e. The number of carbonyl (C=O) groups excluding carboxylic acids is 1. The first-order valence-corrected chi connectivity index (χ1v) is 10.8. The Kier molecular flexibility index (Phi) is 5.38. The number of benzene rings is 1. The van der Waals surface area contributed by atoms with Gasteiger partial charge in [0.1, 0.15) is 18.2 Å². The fourth-order valence-electron chi connectivity index (χ4n) is 4.92. The SMILES string of the molecule is O=C(NCCn1cncn1)c1ccc2n(c1=O)C[C@H]1C[C@@H]2CN(Cc2ccccc2)C1. The lowest BCUT2D eigenvalue weighted by atomic mass is 9.82. The van der Waals surface area contributed by atoms with Crippen molar-refractivity contribution in [3.8, 4) is 0 Å². The molecule has 2 aliphatic heterocycles.